The zero-order chi connectivity index (χ0) is 19.3. The quantitative estimate of drug-likeness (QED) is 0.572. The van der Waals surface area contributed by atoms with Crippen LogP contribution in [-0.2, 0) is 29.1 Å². The van der Waals surface area contributed by atoms with Crippen LogP contribution in [0.5, 0.6) is 0 Å². The largest absolute Gasteiger partial charge is 0.480 e. The second kappa shape index (κ2) is 8.78. The molecular formula is C12H19F3N2O7S. The van der Waals surface area contributed by atoms with Crippen LogP contribution in [0.3, 0.4) is 0 Å². The van der Waals surface area contributed by atoms with Gasteiger partial charge in [0, 0.05) is 19.6 Å². The molecule has 13 heteroatoms. The molecule has 1 rings (SSSR count). The van der Waals surface area contributed by atoms with E-state index in [0.717, 1.165) is 6.26 Å². The lowest BCUT2D eigenvalue weighted by Gasteiger charge is -2.34. The summed E-state index contributed by atoms with van der Waals surface area (Å²) in [5.74, 6) is -2.04. The molecule has 1 heterocycles. The van der Waals surface area contributed by atoms with Gasteiger partial charge in [0.2, 0.25) is 15.9 Å². The number of nitrogens with zero attached hydrogens (tertiary/aromatic N) is 2. The number of carbonyl (C=O) groups excluding carboxylic acids is 1. The van der Waals surface area contributed by atoms with Gasteiger partial charge in [-0.15, -0.1) is 0 Å². The molecule has 1 amide bonds. The van der Waals surface area contributed by atoms with Crippen molar-refractivity contribution in [1.82, 2.24) is 9.21 Å². The van der Waals surface area contributed by atoms with E-state index in [-0.39, 0.29) is 26.2 Å². The van der Waals surface area contributed by atoms with Gasteiger partial charge in [-0.05, 0) is 0 Å². The van der Waals surface area contributed by atoms with Crippen molar-refractivity contribution in [3.05, 3.63) is 0 Å². The fraction of sp³-hybridized carbons (Fsp3) is 0.833. The highest BCUT2D eigenvalue weighted by molar-refractivity contribution is 7.88. The van der Waals surface area contributed by atoms with Gasteiger partial charge in [-0.1, -0.05) is 0 Å². The summed E-state index contributed by atoms with van der Waals surface area (Å²) in [6.45, 7) is -3.30. The number of amides is 1. The summed E-state index contributed by atoms with van der Waals surface area (Å²) < 4.78 is 69.4. The number of morpholine rings is 1. The SMILES string of the molecule is CS(=O)(=O)N(CC(=O)O)C[C@H]1CN(C(=O)COCC(F)(F)F)CCO1. The van der Waals surface area contributed by atoms with E-state index < -0.39 is 53.9 Å². The summed E-state index contributed by atoms with van der Waals surface area (Å²) in [6, 6.07) is 0. The van der Waals surface area contributed by atoms with Crippen molar-refractivity contribution in [2.24, 2.45) is 0 Å². The average Bonchev–Trinajstić information content (AvgIpc) is 2.44. The number of halogens is 3. The summed E-state index contributed by atoms with van der Waals surface area (Å²) in [7, 11) is -3.81. The maximum atomic E-state index is 12.0. The lowest BCUT2D eigenvalue weighted by molar-refractivity contribution is -0.179. The van der Waals surface area contributed by atoms with Crippen molar-refractivity contribution < 1.29 is 45.8 Å². The van der Waals surface area contributed by atoms with Gasteiger partial charge in [0.1, 0.15) is 19.8 Å². The minimum absolute atomic E-state index is 0.0420. The lowest BCUT2D eigenvalue weighted by Crippen LogP contribution is -2.52. The van der Waals surface area contributed by atoms with Gasteiger partial charge in [0.05, 0.1) is 19.0 Å². The Morgan fingerprint density at radius 1 is 1.40 bits per heavy atom. The van der Waals surface area contributed by atoms with Gasteiger partial charge in [-0.3, -0.25) is 9.59 Å². The Labute approximate surface area is 142 Å². The molecule has 1 atom stereocenters. The lowest BCUT2D eigenvalue weighted by atomic mass is 10.2. The van der Waals surface area contributed by atoms with Crippen LogP contribution in [0.2, 0.25) is 0 Å². The van der Waals surface area contributed by atoms with E-state index in [2.05, 4.69) is 4.74 Å². The van der Waals surface area contributed by atoms with Gasteiger partial charge in [-0.25, -0.2) is 8.42 Å². The Morgan fingerprint density at radius 3 is 2.56 bits per heavy atom. The van der Waals surface area contributed by atoms with E-state index in [1.54, 1.807) is 0 Å². The molecule has 0 saturated carbocycles. The molecule has 0 aromatic heterocycles. The van der Waals surface area contributed by atoms with Gasteiger partial charge < -0.3 is 19.5 Å². The summed E-state index contributed by atoms with van der Waals surface area (Å²) in [5.41, 5.74) is 0. The molecule has 1 aliphatic rings. The number of ether oxygens (including phenoxy) is 2. The topological polar surface area (TPSA) is 113 Å². The third kappa shape index (κ3) is 8.47. The van der Waals surface area contributed by atoms with Gasteiger partial charge >= 0.3 is 12.1 Å². The van der Waals surface area contributed by atoms with E-state index >= 15 is 0 Å². The molecule has 1 saturated heterocycles. The van der Waals surface area contributed by atoms with Crippen molar-refractivity contribution >= 4 is 21.9 Å². The number of rotatable bonds is 8. The Hall–Kier alpha value is -1.44. The monoisotopic (exact) mass is 392 g/mol. The normalized spacial score (nSPS) is 19.2. The maximum Gasteiger partial charge on any atom is 0.411 e. The van der Waals surface area contributed by atoms with E-state index in [1.165, 1.54) is 4.90 Å². The number of aliphatic carboxylic acids is 1. The molecule has 0 aromatic rings. The van der Waals surface area contributed by atoms with E-state index in [4.69, 9.17) is 9.84 Å². The van der Waals surface area contributed by atoms with Gasteiger partial charge in [0.15, 0.2) is 0 Å². The Kier molecular flexibility index (Phi) is 7.59. The molecule has 9 nitrogen and oxygen atoms in total. The second-order valence-corrected chi connectivity index (χ2v) is 7.37. The molecule has 0 bridgehead atoms. The van der Waals surface area contributed by atoms with Crippen molar-refractivity contribution in [1.29, 1.82) is 0 Å². The Bertz CT molecular complexity index is 582. The first-order chi connectivity index (χ1) is 11.4. The summed E-state index contributed by atoms with van der Waals surface area (Å²) in [4.78, 5) is 23.8. The summed E-state index contributed by atoms with van der Waals surface area (Å²) >= 11 is 0. The maximum absolute atomic E-state index is 12.0. The van der Waals surface area contributed by atoms with Crippen LogP contribution in [0, 0.1) is 0 Å². The smallest absolute Gasteiger partial charge is 0.411 e. The van der Waals surface area contributed by atoms with Crippen molar-refractivity contribution in [2.45, 2.75) is 12.3 Å². The van der Waals surface area contributed by atoms with Crippen LogP contribution >= 0.6 is 0 Å². The summed E-state index contributed by atoms with van der Waals surface area (Å²) in [5, 5.41) is 8.76. The molecule has 1 aliphatic heterocycles. The summed E-state index contributed by atoms with van der Waals surface area (Å²) in [6.07, 6.45) is -4.50. The number of hydrogen-bond donors (Lipinski definition) is 1. The fourth-order valence-electron chi connectivity index (χ4n) is 2.10. The number of sulfonamides is 1. The first-order valence-electron chi connectivity index (χ1n) is 7.09. The molecule has 25 heavy (non-hydrogen) atoms. The number of alkyl halides is 3. The third-order valence-corrected chi connectivity index (χ3v) is 4.39. The molecule has 0 spiro atoms. The number of carbonyl (C=O) groups is 2. The van der Waals surface area contributed by atoms with Crippen LogP contribution in [0.1, 0.15) is 0 Å². The molecule has 1 fully saturated rings. The first kappa shape index (κ1) is 21.6. The van der Waals surface area contributed by atoms with Crippen molar-refractivity contribution in [3.63, 3.8) is 0 Å². The number of carboxylic acid groups (broad SMARTS) is 1. The molecule has 0 aromatic carbocycles. The molecule has 1 N–H and O–H groups in total. The molecule has 0 aliphatic carbocycles. The van der Waals surface area contributed by atoms with Gasteiger partial charge in [-0.2, -0.15) is 17.5 Å². The zero-order valence-corrected chi connectivity index (χ0v) is 14.2. The highest BCUT2D eigenvalue weighted by atomic mass is 32.2. The third-order valence-electron chi connectivity index (χ3n) is 3.17. The molecule has 0 radical (unpaired) electrons. The van der Waals surface area contributed by atoms with E-state index in [1.807, 2.05) is 0 Å². The van der Waals surface area contributed by atoms with E-state index in [9.17, 15) is 31.2 Å². The van der Waals surface area contributed by atoms with Crippen molar-refractivity contribution in [3.8, 4) is 0 Å². The predicted molar refractivity (Wildman–Crippen MR) is 77.2 cm³/mol. The minimum atomic E-state index is -4.54. The molecular weight excluding hydrogens is 373 g/mol. The molecule has 146 valence electrons. The number of carboxylic acids is 1. The highest BCUT2D eigenvalue weighted by Gasteiger charge is 2.31. The van der Waals surface area contributed by atoms with Crippen LogP contribution in [0.4, 0.5) is 13.2 Å². The highest BCUT2D eigenvalue weighted by Crippen LogP contribution is 2.15. The minimum Gasteiger partial charge on any atom is -0.480 e. The Balaban J connectivity index is 2.58. The number of hydrogen-bond acceptors (Lipinski definition) is 6. The van der Waals surface area contributed by atoms with Crippen LogP contribution < -0.4 is 0 Å². The second-order valence-electron chi connectivity index (χ2n) is 5.39. The first-order valence-corrected chi connectivity index (χ1v) is 8.94. The average molecular weight is 392 g/mol. The zero-order valence-electron chi connectivity index (χ0n) is 13.4. The Morgan fingerprint density at radius 2 is 2.04 bits per heavy atom. The standard InChI is InChI=1S/C12H19F3N2O7S/c1-25(21,22)17(6-11(19)20)5-9-4-16(2-3-24-9)10(18)7-23-8-12(13,14)15/h9H,2-8H2,1H3,(H,19,20)/t9-/m1/s1. The van der Waals surface area contributed by atoms with Crippen LogP contribution in [0.25, 0.3) is 0 Å². The predicted octanol–water partition coefficient (Wildman–Crippen LogP) is -0.861. The van der Waals surface area contributed by atoms with Crippen LogP contribution in [-0.4, -0.2) is 99.1 Å². The molecule has 0 unspecified atom stereocenters. The fourth-order valence-corrected chi connectivity index (χ4v) is 2.88. The van der Waals surface area contributed by atoms with E-state index in [0.29, 0.717) is 4.31 Å². The van der Waals surface area contributed by atoms with Gasteiger partial charge in [0.25, 0.3) is 0 Å². The van der Waals surface area contributed by atoms with Crippen LogP contribution in [0.15, 0.2) is 0 Å². The van der Waals surface area contributed by atoms with Crippen molar-refractivity contribution in [2.75, 3.05) is 52.3 Å².